The van der Waals surface area contributed by atoms with Crippen molar-refractivity contribution in [2.45, 2.75) is 31.7 Å². The molecule has 1 saturated heterocycles. The normalized spacial score (nSPS) is 24.5. The van der Waals surface area contributed by atoms with E-state index in [1.807, 2.05) is 30.3 Å². The van der Waals surface area contributed by atoms with Crippen molar-refractivity contribution in [2.75, 3.05) is 26.7 Å². The number of hydrogen-bond donors (Lipinski definition) is 1. The largest absolute Gasteiger partial charge is 0.469 e. The van der Waals surface area contributed by atoms with Crippen LogP contribution in [0.5, 0.6) is 0 Å². The van der Waals surface area contributed by atoms with Crippen molar-refractivity contribution in [3.8, 4) is 0 Å². The Morgan fingerprint density at radius 1 is 1.38 bits per heavy atom. The molecule has 4 nitrogen and oxygen atoms in total. The summed E-state index contributed by atoms with van der Waals surface area (Å²) in [6, 6.07) is 10.4. The second-order valence-electron chi connectivity index (χ2n) is 5.97. The number of piperidine rings is 1. The number of methoxy groups -OCH3 is 1. The Balaban J connectivity index is 2.13. The average Bonchev–Trinajstić information content (AvgIpc) is 2.54. The molecule has 1 aliphatic rings. The zero-order chi connectivity index (χ0) is 15.2. The van der Waals surface area contributed by atoms with Gasteiger partial charge in [0.25, 0.3) is 0 Å². The molecule has 0 aromatic heterocycles. The van der Waals surface area contributed by atoms with E-state index in [1.165, 1.54) is 13.5 Å². The lowest BCUT2D eigenvalue weighted by atomic mass is 9.91. The van der Waals surface area contributed by atoms with E-state index in [0.717, 1.165) is 25.1 Å². The predicted octanol–water partition coefficient (Wildman–Crippen LogP) is 2.00. The van der Waals surface area contributed by atoms with E-state index in [0.29, 0.717) is 18.5 Å². The number of benzene rings is 1. The summed E-state index contributed by atoms with van der Waals surface area (Å²) in [7, 11) is 1.46. The summed E-state index contributed by atoms with van der Waals surface area (Å²) >= 11 is 0. The van der Waals surface area contributed by atoms with Crippen LogP contribution in [-0.2, 0) is 9.53 Å². The predicted molar refractivity (Wildman–Crippen MR) is 84.0 cm³/mol. The molecule has 1 aromatic carbocycles. The summed E-state index contributed by atoms with van der Waals surface area (Å²) in [4.78, 5) is 14.6. The van der Waals surface area contributed by atoms with Gasteiger partial charge in [-0.05, 0) is 37.8 Å². The van der Waals surface area contributed by atoms with Crippen molar-refractivity contribution in [2.24, 2.45) is 11.7 Å². The minimum atomic E-state index is -0.227. The number of likely N-dealkylation sites (tertiary alicyclic amines) is 1. The number of carbonyl (C=O) groups is 1. The summed E-state index contributed by atoms with van der Waals surface area (Å²) in [6.07, 6.45) is 2.33. The highest BCUT2D eigenvalue weighted by Crippen LogP contribution is 2.26. The molecule has 0 saturated carbocycles. The van der Waals surface area contributed by atoms with Crippen LogP contribution in [0.3, 0.4) is 0 Å². The van der Waals surface area contributed by atoms with Crippen LogP contribution in [0.15, 0.2) is 30.3 Å². The fraction of sp³-hybridized carbons (Fsp3) is 0.588. The van der Waals surface area contributed by atoms with Crippen LogP contribution < -0.4 is 5.73 Å². The van der Waals surface area contributed by atoms with Gasteiger partial charge in [-0.1, -0.05) is 30.3 Å². The average molecular weight is 290 g/mol. The van der Waals surface area contributed by atoms with Crippen molar-refractivity contribution in [3.63, 3.8) is 0 Å². The van der Waals surface area contributed by atoms with Crippen LogP contribution in [0.25, 0.3) is 0 Å². The van der Waals surface area contributed by atoms with E-state index < -0.39 is 0 Å². The Hall–Kier alpha value is -1.39. The van der Waals surface area contributed by atoms with Crippen LogP contribution in [0.4, 0.5) is 0 Å². The van der Waals surface area contributed by atoms with Gasteiger partial charge in [0.1, 0.15) is 0 Å². The van der Waals surface area contributed by atoms with Crippen LogP contribution >= 0.6 is 0 Å². The molecule has 0 amide bonds. The van der Waals surface area contributed by atoms with Gasteiger partial charge >= 0.3 is 5.97 Å². The monoisotopic (exact) mass is 290 g/mol. The molecule has 3 atom stereocenters. The van der Waals surface area contributed by atoms with Crippen molar-refractivity contribution < 1.29 is 9.53 Å². The number of ether oxygens (including phenoxy) is 1. The quantitative estimate of drug-likeness (QED) is 0.843. The first-order valence-corrected chi connectivity index (χ1v) is 7.72. The molecule has 1 aromatic rings. The fourth-order valence-electron chi connectivity index (χ4n) is 3.09. The molecule has 21 heavy (non-hydrogen) atoms. The minimum Gasteiger partial charge on any atom is -0.469 e. The Labute approximate surface area is 127 Å². The van der Waals surface area contributed by atoms with E-state index in [2.05, 4.69) is 11.8 Å². The lowest BCUT2D eigenvalue weighted by Gasteiger charge is -2.39. The summed E-state index contributed by atoms with van der Waals surface area (Å²) in [5.74, 6) is 0.147. The van der Waals surface area contributed by atoms with Gasteiger partial charge in [0.15, 0.2) is 0 Å². The summed E-state index contributed by atoms with van der Waals surface area (Å²) in [5.41, 5.74) is 6.84. The third kappa shape index (κ3) is 4.05. The molecule has 1 aliphatic heterocycles. The number of esters is 1. The first-order chi connectivity index (χ1) is 10.2. The van der Waals surface area contributed by atoms with Crippen molar-refractivity contribution in [1.29, 1.82) is 0 Å². The maximum Gasteiger partial charge on any atom is 0.314 e. The molecule has 4 heteroatoms. The van der Waals surface area contributed by atoms with E-state index in [9.17, 15) is 4.79 Å². The Kier molecular flexibility index (Phi) is 5.76. The Bertz CT molecular complexity index is 449. The summed E-state index contributed by atoms with van der Waals surface area (Å²) < 4.78 is 5.01. The van der Waals surface area contributed by atoms with Crippen LogP contribution in [0.1, 0.15) is 31.2 Å². The molecular weight excluding hydrogens is 264 g/mol. The maximum absolute atomic E-state index is 12.2. The molecule has 0 aliphatic carbocycles. The van der Waals surface area contributed by atoms with E-state index in [1.54, 1.807) is 0 Å². The van der Waals surface area contributed by atoms with Gasteiger partial charge < -0.3 is 10.5 Å². The van der Waals surface area contributed by atoms with Gasteiger partial charge in [0.2, 0.25) is 0 Å². The smallest absolute Gasteiger partial charge is 0.314 e. The summed E-state index contributed by atoms with van der Waals surface area (Å²) in [6.45, 7) is 4.62. The molecule has 116 valence electrons. The molecule has 0 radical (unpaired) electrons. The Morgan fingerprint density at radius 2 is 2.10 bits per heavy atom. The molecule has 2 rings (SSSR count). The fourth-order valence-corrected chi connectivity index (χ4v) is 3.09. The maximum atomic E-state index is 12.2. The first-order valence-electron chi connectivity index (χ1n) is 7.72. The third-order valence-corrected chi connectivity index (χ3v) is 4.55. The molecule has 3 unspecified atom stereocenters. The SMILES string of the molecule is COC(=O)C(CN1CC(CN)CCC1C)c1ccccc1. The standard InChI is InChI=1S/C17H26N2O2/c1-13-8-9-14(10-18)11-19(13)12-16(17(20)21-2)15-6-4-3-5-7-15/h3-7,13-14,16H,8-12,18H2,1-2H3. The van der Waals surface area contributed by atoms with Crippen LogP contribution in [-0.4, -0.2) is 43.7 Å². The number of hydrogen-bond acceptors (Lipinski definition) is 4. The number of carbonyl (C=O) groups excluding carboxylic acids is 1. The zero-order valence-corrected chi connectivity index (χ0v) is 13.0. The molecule has 1 fully saturated rings. The Morgan fingerprint density at radius 3 is 2.71 bits per heavy atom. The topological polar surface area (TPSA) is 55.6 Å². The highest BCUT2D eigenvalue weighted by atomic mass is 16.5. The molecular formula is C17H26N2O2. The van der Waals surface area contributed by atoms with Gasteiger partial charge in [-0.25, -0.2) is 0 Å². The van der Waals surface area contributed by atoms with Crippen LogP contribution in [0, 0.1) is 5.92 Å². The van der Waals surface area contributed by atoms with E-state index in [-0.39, 0.29) is 11.9 Å². The van der Waals surface area contributed by atoms with Gasteiger partial charge in [-0.2, -0.15) is 0 Å². The molecule has 0 bridgehead atoms. The second kappa shape index (κ2) is 7.57. The number of rotatable bonds is 5. The van der Waals surface area contributed by atoms with Crippen molar-refractivity contribution in [1.82, 2.24) is 4.90 Å². The molecule has 1 heterocycles. The van der Waals surface area contributed by atoms with Crippen molar-refractivity contribution in [3.05, 3.63) is 35.9 Å². The van der Waals surface area contributed by atoms with Gasteiger partial charge in [-0.15, -0.1) is 0 Å². The summed E-state index contributed by atoms with van der Waals surface area (Å²) in [5, 5.41) is 0. The van der Waals surface area contributed by atoms with Gasteiger partial charge in [0, 0.05) is 19.1 Å². The molecule has 2 N–H and O–H groups in total. The lowest BCUT2D eigenvalue weighted by Crippen LogP contribution is -2.46. The van der Waals surface area contributed by atoms with E-state index in [4.69, 9.17) is 10.5 Å². The highest BCUT2D eigenvalue weighted by Gasteiger charge is 2.30. The second-order valence-corrected chi connectivity index (χ2v) is 5.97. The van der Waals surface area contributed by atoms with Crippen LogP contribution in [0.2, 0.25) is 0 Å². The number of nitrogens with zero attached hydrogens (tertiary/aromatic N) is 1. The van der Waals surface area contributed by atoms with E-state index >= 15 is 0 Å². The highest BCUT2D eigenvalue weighted by molar-refractivity contribution is 5.78. The lowest BCUT2D eigenvalue weighted by molar-refractivity contribution is -0.143. The third-order valence-electron chi connectivity index (χ3n) is 4.55. The van der Waals surface area contributed by atoms with Gasteiger partial charge in [-0.3, -0.25) is 9.69 Å². The number of nitrogens with two attached hydrogens (primary N) is 1. The van der Waals surface area contributed by atoms with Gasteiger partial charge in [0.05, 0.1) is 13.0 Å². The minimum absolute atomic E-state index is 0.164. The first kappa shape index (κ1) is 16.0. The van der Waals surface area contributed by atoms with Crippen molar-refractivity contribution >= 4 is 5.97 Å². The zero-order valence-electron chi connectivity index (χ0n) is 13.0. The molecule has 0 spiro atoms.